The number of nitrogens with two attached hydrogens (primary N) is 1. The largest absolute Gasteiger partial charge is 0.323 e. The Morgan fingerprint density at radius 1 is 1.47 bits per heavy atom. The first-order valence-electron chi connectivity index (χ1n) is 5.29. The molecule has 0 bridgehead atoms. The van der Waals surface area contributed by atoms with Crippen LogP contribution in [0, 0.1) is 0 Å². The second-order valence-electron chi connectivity index (χ2n) is 3.29. The smallest absolute Gasteiger partial charge is 0.0415 e. The van der Waals surface area contributed by atoms with Crippen LogP contribution in [0.1, 0.15) is 33.6 Å². The molecule has 84 valence electrons. The van der Waals surface area contributed by atoms with Crippen LogP contribution in [0.4, 0.5) is 0 Å². The van der Waals surface area contributed by atoms with Gasteiger partial charge in [0.05, 0.1) is 0 Å². The van der Waals surface area contributed by atoms with Crippen LogP contribution in [0.15, 0.2) is 34.5 Å². The van der Waals surface area contributed by atoms with Crippen molar-refractivity contribution in [2.75, 3.05) is 0 Å². The second-order valence-corrected chi connectivity index (χ2v) is 3.29. The van der Waals surface area contributed by atoms with Crippen molar-refractivity contribution < 1.29 is 0 Å². The van der Waals surface area contributed by atoms with E-state index in [1.807, 2.05) is 19.9 Å². The van der Waals surface area contributed by atoms with Gasteiger partial charge in [-0.05, 0) is 25.8 Å². The molecule has 3 nitrogen and oxygen atoms in total. The van der Waals surface area contributed by atoms with Crippen LogP contribution < -0.4 is 5.73 Å². The van der Waals surface area contributed by atoms with Crippen molar-refractivity contribution >= 4 is 11.9 Å². The van der Waals surface area contributed by atoms with Gasteiger partial charge in [0, 0.05) is 29.9 Å². The van der Waals surface area contributed by atoms with E-state index in [2.05, 4.69) is 23.5 Å². The summed E-state index contributed by atoms with van der Waals surface area (Å²) in [5.74, 6) is 0. The molecule has 1 atom stereocenters. The predicted octanol–water partition coefficient (Wildman–Crippen LogP) is 2.69. The van der Waals surface area contributed by atoms with E-state index in [-0.39, 0.29) is 6.04 Å². The monoisotopic (exact) mass is 207 g/mol. The van der Waals surface area contributed by atoms with Gasteiger partial charge in [-0.1, -0.05) is 20.4 Å². The average Bonchev–Trinajstić information content (AvgIpc) is 2.23. The fourth-order valence-corrected chi connectivity index (χ4v) is 0.950. The molecule has 0 aliphatic rings. The number of aliphatic imine (C=N–C) groups is 2. The van der Waals surface area contributed by atoms with E-state index < -0.39 is 0 Å². The van der Waals surface area contributed by atoms with Crippen LogP contribution in [0.25, 0.3) is 0 Å². The number of hydrogen-bond acceptors (Lipinski definition) is 3. The SMILES string of the molecule is C=C/N=C(C)/C=C(CC)\N=C/C(N)CC. The summed E-state index contributed by atoms with van der Waals surface area (Å²) in [5, 5.41) is 0. The third kappa shape index (κ3) is 6.80. The third-order valence-corrected chi connectivity index (χ3v) is 1.94. The quantitative estimate of drug-likeness (QED) is 0.669. The lowest BCUT2D eigenvalue weighted by molar-refractivity contribution is 0.830. The van der Waals surface area contributed by atoms with Crippen molar-refractivity contribution in [1.29, 1.82) is 0 Å². The summed E-state index contributed by atoms with van der Waals surface area (Å²) in [6, 6.07) is 0.0385. The molecule has 0 aromatic carbocycles. The summed E-state index contributed by atoms with van der Waals surface area (Å²) in [7, 11) is 0. The van der Waals surface area contributed by atoms with Gasteiger partial charge in [0.25, 0.3) is 0 Å². The van der Waals surface area contributed by atoms with Crippen LogP contribution >= 0.6 is 0 Å². The first-order chi connectivity index (χ1) is 7.13. The number of allylic oxidation sites excluding steroid dienone is 2. The first-order valence-corrected chi connectivity index (χ1v) is 5.29. The lowest BCUT2D eigenvalue weighted by atomic mass is 10.2. The molecule has 3 heteroatoms. The summed E-state index contributed by atoms with van der Waals surface area (Å²) < 4.78 is 0. The van der Waals surface area contributed by atoms with Crippen LogP contribution in [-0.2, 0) is 0 Å². The Bertz CT molecular complexity index is 275. The highest BCUT2D eigenvalue weighted by atomic mass is 14.8. The van der Waals surface area contributed by atoms with Crippen LogP contribution in [0.3, 0.4) is 0 Å². The third-order valence-electron chi connectivity index (χ3n) is 1.94. The summed E-state index contributed by atoms with van der Waals surface area (Å²) in [6.45, 7) is 9.56. The molecule has 0 fully saturated rings. The van der Waals surface area contributed by atoms with Crippen molar-refractivity contribution in [1.82, 2.24) is 0 Å². The molecule has 0 aromatic heterocycles. The van der Waals surface area contributed by atoms with E-state index in [4.69, 9.17) is 5.73 Å². The Balaban J connectivity index is 4.55. The molecule has 0 aliphatic carbocycles. The molecule has 0 spiro atoms. The molecule has 0 aliphatic heterocycles. The van der Waals surface area contributed by atoms with Gasteiger partial charge < -0.3 is 5.73 Å². The zero-order chi connectivity index (χ0) is 11.7. The van der Waals surface area contributed by atoms with Gasteiger partial charge in [-0.3, -0.25) is 9.98 Å². The number of rotatable bonds is 6. The molecule has 0 rings (SSSR count). The van der Waals surface area contributed by atoms with Crippen molar-refractivity contribution in [3.8, 4) is 0 Å². The maximum Gasteiger partial charge on any atom is 0.0415 e. The summed E-state index contributed by atoms with van der Waals surface area (Å²) in [5.41, 5.74) is 7.64. The van der Waals surface area contributed by atoms with Crippen LogP contribution in [-0.4, -0.2) is 18.0 Å². The van der Waals surface area contributed by atoms with Crippen molar-refractivity contribution in [2.45, 2.75) is 39.7 Å². The normalized spacial score (nSPS) is 15.7. The van der Waals surface area contributed by atoms with Gasteiger partial charge in [-0.15, -0.1) is 0 Å². The minimum absolute atomic E-state index is 0.0385. The summed E-state index contributed by atoms with van der Waals surface area (Å²) >= 11 is 0. The van der Waals surface area contributed by atoms with E-state index in [0.717, 1.165) is 24.3 Å². The van der Waals surface area contributed by atoms with E-state index in [0.29, 0.717) is 0 Å². The summed E-state index contributed by atoms with van der Waals surface area (Å²) in [6.07, 6.45) is 7.04. The zero-order valence-corrected chi connectivity index (χ0v) is 9.90. The lowest BCUT2D eigenvalue weighted by Gasteiger charge is -2.01. The van der Waals surface area contributed by atoms with E-state index in [9.17, 15) is 0 Å². The van der Waals surface area contributed by atoms with Crippen molar-refractivity contribution in [3.63, 3.8) is 0 Å². The van der Waals surface area contributed by atoms with Gasteiger partial charge in [0.1, 0.15) is 0 Å². The zero-order valence-electron chi connectivity index (χ0n) is 9.90. The molecule has 0 saturated heterocycles. The van der Waals surface area contributed by atoms with E-state index in [1.54, 1.807) is 6.21 Å². The second kappa shape index (κ2) is 8.12. The van der Waals surface area contributed by atoms with Crippen LogP contribution in [0.2, 0.25) is 0 Å². The van der Waals surface area contributed by atoms with Gasteiger partial charge in [-0.25, -0.2) is 0 Å². The maximum atomic E-state index is 5.74. The standard InChI is InChI=1S/C12H21N3/c1-5-11(13)9-15-12(6-2)8-10(4)14-7-3/h7-9,11H,3,5-6,13H2,1-2,4H3/b12-8-,14-10+,15-9-. The summed E-state index contributed by atoms with van der Waals surface area (Å²) in [4.78, 5) is 8.39. The van der Waals surface area contributed by atoms with E-state index >= 15 is 0 Å². The molecule has 0 amide bonds. The van der Waals surface area contributed by atoms with Crippen molar-refractivity contribution in [2.24, 2.45) is 15.7 Å². The highest BCUT2D eigenvalue weighted by Gasteiger charge is 1.94. The van der Waals surface area contributed by atoms with Crippen LogP contribution in [0.5, 0.6) is 0 Å². The highest BCUT2D eigenvalue weighted by molar-refractivity contribution is 5.93. The van der Waals surface area contributed by atoms with Gasteiger partial charge in [0.15, 0.2) is 0 Å². The average molecular weight is 207 g/mol. The van der Waals surface area contributed by atoms with Crippen molar-refractivity contribution in [3.05, 3.63) is 24.6 Å². The minimum atomic E-state index is 0.0385. The molecular formula is C12H21N3. The molecule has 1 unspecified atom stereocenters. The molecule has 2 N–H and O–H groups in total. The topological polar surface area (TPSA) is 50.7 Å². The Morgan fingerprint density at radius 3 is 2.60 bits per heavy atom. The molecule has 0 radical (unpaired) electrons. The lowest BCUT2D eigenvalue weighted by Crippen LogP contribution is -2.19. The Labute approximate surface area is 92.5 Å². The van der Waals surface area contributed by atoms with Gasteiger partial charge >= 0.3 is 0 Å². The first kappa shape index (κ1) is 13.8. The fourth-order valence-electron chi connectivity index (χ4n) is 0.950. The molecule has 0 heterocycles. The predicted molar refractivity (Wildman–Crippen MR) is 68.4 cm³/mol. The molecule has 0 saturated carbocycles. The Hall–Kier alpha value is -1.22. The minimum Gasteiger partial charge on any atom is -0.323 e. The highest BCUT2D eigenvalue weighted by Crippen LogP contribution is 2.03. The fraction of sp³-hybridized carbons (Fsp3) is 0.500. The molecule has 15 heavy (non-hydrogen) atoms. The Morgan fingerprint density at radius 2 is 2.13 bits per heavy atom. The number of hydrogen-bond donors (Lipinski definition) is 1. The van der Waals surface area contributed by atoms with E-state index in [1.165, 1.54) is 6.20 Å². The van der Waals surface area contributed by atoms with Gasteiger partial charge in [0.2, 0.25) is 0 Å². The molecular weight excluding hydrogens is 186 g/mol. The maximum absolute atomic E-state index is 5.74. The molecule has 0 aromatic rings. The number of nitrogens with zero attached hydrogens (tertiary/aromatic N) is 2. The Kier molecular flexibility index (Phi) is 7.46. The van der Waals surface area contributed by atoms with Gasteiger partial charge in [-0.2, -0.15) is 0 Å².